The summed E-state index contributed by atoms with van der Waals surface area (Å²) >= 11 is 0. The van der Waals surface area contributed by atoms with E-state index in [0.29, 0.717) is 0 Å². The molecule has 1 unspecified atom stereocenters. The molecule has 41 heavy (non-hydrogen) atoms. The van der Waals surface area contributed by atoms with Gasteiger partial charge in [0.2, 0.25) is 0 Å². The van der Waals surface area contributed by atoms with Crippen molar-refractivity contribution in [3.8, 4) is 0 Å². The predicted molar refractivity (Wildman–Crippen MR) is 189 cm³/mol. The van der Waals surface area contributed by atoms with Crippen molar-refractivity contribution in [3.05, 3.63) is 0 Å². The van der Waals surface area contributed by atoms with Gasteiger partial charge in [0.15, 0.2) is 0 Å². The zero-order chi connectivity index (χ0) is 30.1. The van der Waals surface area contributed by atoms with Crippen LogP contribution in [-0.2, 0) is 0 Å². The third kappa shape index (κ3) is 32.7. The molecule has 0 aliphatic heterocycles. The molecule has 0 aromatic heterocycles. The van der Waals surface area contributed by atoms with Crippen molar-refractivity contribution in [2.24, 2.45) is 5.92 Å². The van der Waals surface area contributed by atoms with Gasteiger partial charge in [-0.25, -0.2) is 0 Å². The third-order valence-electron chi connectivity index (χ3n) is 9.36. The van der Waals surface area contributed by atoms with Gasteiger partial charge in [0.25, 0.3) is 0 Å². The van der Waals surface area contributed by atoms with Crippen LogP contribution in [0.5, 0.6) is 0 Å². The average Bonchev–Trinajstić information content (AvgIpc) is 2.96. The van der Waals surface area contributed by atoms with Crippen LogP contribution >= 0.6 is 0 Å². The van der Waals surface area contributed by atoms with E-state index in [-0.39, 0.29) is 0 Å². The SMILES string of the molecule is CCCCCCCCCCCCN(CCCCCCCCCN(C)C)CC(CCCCCC)CCCCCCCC. The Hall–Kier alpha value is -0.0800. The second-order valence-corrected chi connectivity index (χ2v) is 14.0. The van der Waals surface area contributed by atoms with Crippen LogP contribution in [-0.4, -0.2) is 50.1 Å². The lowest BCUT2D eigenvalue weighted by Crippen LogP contribution is -2.32. The standard InChI is InChI=1S/C39H82N2/c1-6-9-12-15-17-18-19-22-26-31-36-41(37-32-27-23-20-21-25-30-35-40(4)5)38-39(33-28-14-11-8-3)34-29-24-16-13-10-7-2/h39H,6-38H2,1-5H3. The Morgan fingerprint density at radius 2 is 0.634 bits per heavy atom. The Morgan fingerprint density at radius 3 is 1.00 bits per heavy atom. The fourth-order valence-corrected chi connectivity index (χ4v) is 6.53. The second kappa shape index (κ2) is 34.4. The van der Waals surface area contributed by atoms with Crippen LogP contribution in [0.15, 0.2) is 0 Å². The van der Waals surface area contributed by atoms with Crippen molar-refractivity contribution >= 4 is 0 Å². The summed E-state index contributed by atoms with van der Waals surface area (Å²) in [5.41, 5.74) is 0. The van der Waals surface area contributed by atoms with Gasteiger partial charge in [0.1, 0.15) is 0 Å². The molecule has 0 saturated heterocycles. The number of nitrogens with zero attached hydrogens (tertiary/aromatic N) is 2. The maximum atomic E-state index is 2.93. The van der Waals surface area contributed by atoms with Crippen LogP contribution in [0.2, 0.25) is 0 Å². The van der Waals surface area contributed by atoms with Gasteiger partial charge in [0, 0.05) is 6.54 Å². The molecule has 0 bridgehead atoms. The lowest BCUT2D eigenvalue weighted by Gasteiger charge is -2.28. The molecule has 0 aromatic carbocycles. The summed E-state index contributed by atoms with van der Waals surface area (Å²) in [6.45, 7) is 12.4. The molecule has 0 amide bonds. The summed E-state index contributed by atoms with van der Waals surface area (Å²) < 4.78 is 0. The van der Waals surface area contributed by atoms with Crippen LogP contribution in [0.25, 0.3) is 0 Å². The molecule has 0 heterocycles. The first-order valence-corrected chi connectivity index (χ1v) is 19.5. The average molecular weight is 579 g/mol. The van der Waals surface area contributed by atoms with E-state index in [1.165, 1.54) is 212 Å². The molecule has 248 valence electrons. The van der Waals surface area contributed by atoms with Gasteiger partial charge in [-0.05, 0) is 71.8 Å². The van der Waals surface area contributed by atoms with Crippen LogP contribution in [0.1, 0.15) is 207 Å². The molecule has 0 spiro atoms. The summed E-state index contributed by atoms with van der Waals surface area (Å²) in [6, 6.07) is 0. The Labute approximate surface area is 262 Å². The number of hydrogen-bond donors (Lipinski definition) is 0. The van der Waals surface area contributed by atoms with Crippen molar-refractivity contribution in [2.45, 2.75) is 207 Å². The minimum Gasteiger partial charge on any atom is -0.309 e. The molecule has 0 aromatic rings. The maximum Gasteiger partial charge on any atom is 0.000965 e. The summed E-state index contributed by atoms with van der Waals surface area (Å²) in [6.07, 6.45) is 41.9. The minimum atomic E-state index is 0.942. The highest BCUT2D eigenvalue weighted by Gasteiger charge is 2.14. The molecule has 0 aliphatic rings. The molecule has 0 saturated carbocycles. The van der Waals surface area contributed by atoms with Gasteiger partial charge in [-0.3, -0.25) is 0 Å². The minimum absolute atomic E-state index is 0.942. The first-order chi connectivity index (χ1) is 20.1. The molecular formula is C39H82N2. The van der Waals surface area contributed by atoms with Gasteiger partial charge in [-0.2, -0.15) is 0 Å². The Kier molecular flexibility index (Phi) is 34.3. The van der Waals surface area contributed by atoms with E-state index >= 15 is 0 Å². The van der Waals surface area contributed by atoms with Crippen molar-refractivity contribution in [1.82, 2.24) is 9.80 Å². The summed E-state index contributed by atoms with van der Waals surface area (Å²) in [7, 11) is 4.40. The van der Waals surface area contributed by atoms with Crippen molar-refractivity contribution in [2.75, 3.05) is 40.3 Å². The van der Waals surface area contributed by atoms with Crippen molar-refractivity contribution in [3.63, 3.8) is 0 Å². The van der Waals surface area contributed by atoms with Crippen LogP contribution in [0.3, 0.4) is 0 Å². The van der Waals surface area contributed by atoms with Crippen LogP contribution in [0.4, 0.5) is 0 Å². The first kappa shape index (κ1) is 40.9. The zero-order valence-corrected chi connectivity index (χ0v) is 29.8. The predicted octanol–water partition coefficient (Wildman–Crippen LogP) is 12.8. The van der Waals surface area contributed by atoms with Gasteiger partial charge in [-0.15, -0.1) is 0 Å². The van der Waals surface area contributed by atoms with Crippen LogP contribution in [0, 0.1) is 5.92 Å². The van der Waals surface area contributed by atoms with Gasteiger partial charge < -0.3 is 9.80 Å². The molecule has 0 aliphatic carbocycles. The van der Waals surface area contributed by atoms with Gasteiger partial charge in [0.05, 0.1) is 0 Å². The molecule has 0 radical (unpaired) electrons. The van der Waals surface area contributed by atoms with E-state index in [1.54, 1.807) is 0 Å². The highest BCUT2D eigenvalue weighted by Crippen LogP contribution is 2.21. The van der Waals surface area contributed by atoms with Gasteiger partial charge >= 0.3 is 0 Å². The summed E-state index contributed by atoms with van der Waals surface area (Å²) in [5.74, 6) is 0.942. The normalized spacial score (nSPS) is 12.7. The topological polar surface area (TPSA) is 6.48 Å². The highest BCUT2D eigenvalue weighted by atomic mass is 15.1. The number of rotatable bonds is 35. The lowest BCUT2D eigenvalue weighted by atomic mass is 9.93. The maximum absolute atomic E-state index is 2.93. The summed E-state index contributed by atoms with van der Waals surface area (Å²) in [4.78, 5) is 5.26. The number of unbranched alkanes of at least 4 members (excludes halogenated alkanes) is 23. The second-order valence-electron chi connectivity index (χ2n) is 14.0. The molecule has 2 heteroatoms. The third-order valence-corrected chi connectivity index (χ3v) is 9.36. The Balaban J connectivity index is 4.53. The largest absolute Gasteiger partial charge is 0.309 e. The highest BCUT2D eigenvalue weighted by molar-refractivity contribution is 4.69. The van der Waals surface area contributed by atoms with E-state index in [1.807, 2.05) is 0 Å². The van der Waals surface area contributed by atoms with Crippen molar-refractivity contribution in [1.29, 1.82) is 0 Å². The van der Waals surface area contributed by atoms with Gasteiger partial charge in [-0.1, -0.05) is 175 Å². The smallest absolute Gasteiger partial charge is 0.000965 e. The van der Waals surface area contributed by atoms with Crippen LogP contribution < -0.4 is 0 Å². The monoisotopic (exact) mass is 579 g/mol. The molecule has 2 nitrogen and oxygen atoms in total. The van der Waals surface area contributed by atoms with E-state index < -0.39 is 0 Å². The molecule has 0 rings (SSSR count). The van der Waals surface area contributed by atoms with E-state index in [4.69, 9.17) is 0 Å². The molecular weight excluding hydrogens is 496 g/mol. The quantitative estimate of drug-likeness (QED) is 0.0690. The Morgan fingerprint density at radius 1 is 0.341 bits per heavy atom. The Bertz CT molecular complexity index is 462. The van der Waals surface area contributed by atoms with Crippen molar-refractivity contribution < 1.29 is 0 Å². The van der Waals surface area contributed by atoms with E-state index in [2.05, 4.69) is 44.7 Å². The fourth-order valence-electron chi connectivity index (χ4n) is 6.53. The molecule has 0 fully saturated rings. The summed E-state index contributed by atoms with van der Waals surface area (Å²) in [5, 5.41) is 0. The zero-order valence-electron chi connectivity index (χ0n) is 29.8. The number of hydrogen-bond acceptors (Lipinski definition) is 2. The molecule has 0 N–H and O–H groups in total. The molecule has 1 atom stereocenters. The first-order valence-electron chi connectivity index (χ1n) is 19.5. The van der Waals surface area contributed by atoms with E-state index in [9.17, 15) is 0 Å². The lowest BCUT2D eigenvalue weighted by molar-refractivity contribution is 0.204. The fraction of sp³-hybridized carbons (Fsp3) is 1.00. The van der Waals surface area contributed by atoms with E-state index in [0.717, 1.165) is 5.92 Å².